The lowest BCUT2D eigenvalue weighted by Crippen LogP contribution is -2.46. The number of thiophene rings is 1. The number of hydrogen-bond donors (Lipinski definition) is 0. The van der Waals surface area contributed by atoms with Gasteiger partial charge in [0, 0.05) is 42.3 Å². The quantitative estimate of drug-likeness (QED) is 0.728. The van der Waals surface area contributed by atoms with Crippen LogP contribution in [0.15, 0.2) is 30.6 Å². The molecule has 0 saturated heterocycles. The van der Waals surface area contributed by atoms with Crippen LogP contribution in [0.3, 0.4) is 0 Å². The summed E-state index contributed by atoms with van der Waals surface area (Å²) in [5, 5.41) is 0. The maximum Gasteiger partial charge on any atom is 0.225 e. The highest BCUT2D eigenvalue weighted by atomic mass is 32.1. The fourth-order valence-corrected chi connectivity index (χ4v) is 4.95. The molecule has 5 nitrogen and oxygen atoms in total. The van der Waals surface area contributed by atoms with Crippen molar-refractivity contribution in [2.75, 3.05) is 13.7 Å². The van der Waals surface area contributed by atoms with E-state index < -0.39 is 0 Å². The molecule has 27 heavy (non-hydrogen) atoms. The summed E-state index contributed by atoms with van der Waals surface area (Å²) < 4.78 is 11.5. The number of fused-ring (bicyclic) bond motifs is 1. The van der Waals surface area contributed by atoms with Gasteiger partial charge in [-0.05, 0) is 48.9 Å². The normalized spacial score (nSPS) is 18.0. The summed E-state index contributed by atoms with van der Waals surface area (Å²) >= 11 is 1.81. The van der Waals surface area contributed by atoms with Crippen LogP contribution in [0, 0.1) is 0 Å². The molecule has 3 heterocycles. The molecular formula is C21H26N2O3S. The number of carbonyl (C=O) groups excluding carboxylic acids is 1. The average molecular weight is 387 g/mol. The maximum atomic E-state index is 12.7. The Morgan fingerprint density at radius 3 is 2.96 bits per heavy atom. The molecule has 4 rings (SSSR count). The van der Waals surface area contributed by atoms with Gasteiger partial charge < -0.3 is 14.4 Å². The molecule has 1 amide bonds. The number of carbonyl (C=O) groups is 1. The highest BCUT2D eigenvalue weighted by molar-refractivity contribution is 7.12. The van der Waals surface area contributed by atoms with Crippen molar-refractivity contribution in [1.82, 2.24) is 9.88 Å². The molecule has 0 radical (unpaired) electrons. The van der Waals surface area contributed by atoms with Crippen molar-refractivity contribution in [1.29, 1.82) is 0 Å². The third-order valence-corrected chi connectivity index (χ3v) is 6.89. The van der Waals surface area contributed by atoms with Crippen LogP contribution in [0.5, 0.6) is 0 Å². The van der Waals surface area contributed by atoms with Crippen LogP contribution < -0.4 is 0 Å². The van der Waals surface area contributed by atoms with Crippen molar-refractivity contribution in [3.05, 3.63) is 51.5 Å². The minimum atomic E-state index is -0.197. The zero-order valence-corrected chi connectivity index (χ0v) is 16.6. The molecule has 6 heteroatoms. The van der Waals surface area contributed by atoms with E-state index in [4.69, 9.17) is 9.47 Å². The van der Waals surface area contributed by atoms with E-state index in [-0.39, 0.29) is 11.5 Å². The van der Waals surface area contributed by atoms with Crippen molar-refractivity contribution in [3.8, 4) is 0 Å². The van der Waals surface area contributed by atoms with Crippen molar-refractivity contribution in [3.63, 3.8) is 0 Å². The molecule has 1 saturated carbocycles. The molecule has 0 bridgehead atoms. The predicted molar refractivity (Wildman–Crippen MR) is 104 cm³/mol. The minimum Gasteiger partial charge on any atom is -0.378 e. The Bertz CT molecular complexity index is 780. The third kappa shape index (κ3) is 4.23. The van der Waals surface area contributed by atoms with E-state index >= 15 is 0 Å². The second-order valence-electron chi connectivity index (χ2n) is 7.50. The van der Waals surface area contributed by atoms with Crippen LogP contribution in [-0.2, 0) is 40.4 Å². The predicted octanol–water partition coefficient (Wildman–Crippen LogP) is 3.70. The Morgan fingerprint density at radius 2 is 2.26 bits per heavy atom. The van der Waals surface area contributed by atoms with Gasteiger partial charge in [-0.1, -0.05) is 6.07 Å². The molecular weight excluding hydrogens is 360 g/mol. The van der Waals surface area contributed by atoms with E-state index in [1.165, 1.54) is 15.3 Å². The second kappa shape index (κ2) is 8.09. The molecule has 2 aliphatic rings. The number of rotatable bonds is 7. The zero-order chi connectivity index (χ0) is 18.7. The van der Waals surface area contributed by atoms with Gasteiger partial charge in [-0.15, -0.1) is 11.3 Å². The van der Waals surface area contributed by atoms with Crippen LogP contribution >= 0.6 is 11.3 Å². The summed E-state index contributed by atoms with van der Waals surface area (Å²) in [6, 6.07) is 6.15. The fourth-order valence-electron chi connectivity index (χ4n) is 3.84. The summed E-state index contributed by atoms with van der Waals surface area (Å²) in [6.45, 7) is 2.70. The van der Waals surface area contributed by atoms with Gasteiger partial charge in [0.05, 0.1) is 25.2 Å². The SMILES string of the molecule is COC1(CC(=O)N2CCc3sc(COCc4cccnc4)cc3C2)CCC1. The van der Waals surface area contributed by atoms with Crippen LogP contribution in [0.2, 0.25) is 0 Å². The number of methoxy groups -OCH3 is 1. The maximum absolute atomic E-state index is 12.7. The van der Waals surface area contributed by atoms with Crippen molar-refractivity contribution >= 4 is 17.2 Å². The van der Waals surface area contributed by atoms with Gasteiger partial charge in [-0.25, -0.2) is 0 Å². The standard InChI is InChI=1S/C21H26N2O3S/c1-25-21(6-3-7-21)11-20(24)23-9-5-19-17(13-23)10-18(27-19)15-26-14-16-4-2-8-22-12-16/h2,4,8,10,12H,3,5-7,9,11,13-15H2,1H3. The van der Waals surface area contributed by atoms with Gasteiger partial charge in [0.1, 0.15) is 0 Å². The zero-order valence-electron chi connectivity index (χ0n) is 15.8. The number of nitrogens with zero attached hydrogens (tertiary/aromatic N) is 2. The van der Waals surface area contributed by atoms with Crippen molar-refractivity contribution in [2.24, 2.45) is 0 Å². The highest BCUT2D eigenvalue weighted by Crippen LogP contribution is 2.39. The van der Waals surface area contributed by atoms with Crippen LogP contribution in [-0.4, -0.2) is 35.0 Å². The van der Waals surface area contributed by atoms with Crippen molar-refractivity contribution < 1.29 is 14.3 Å². The Hall–Kier alpha value is -1.76. The largest absolute Gasteiger partial charge is 0.378 e. The summed E-state index contributed by atoms with van der Waals surface area (Å²) in [4.78, 5) is 21.5. The Morgan fingerprint density at radius 1 is 1.37 bits per heavy atom. The van der Waals surface area contributed by atoms with E-state index in [2.05, 4.69) is 11.1 Å². The van der Waals surface area contributed by atoms with Gasteiger partial charge in [0.2, 0.25) is 5.91 Å². The summed E-state index contributed by atoms with van der Waals surface area (Å²) in [6.07, 6.45) is 8.23. The van der Waals surface area contributed by atoms with Crippen LogP contribution in [0.4, 0.5) is 0 Å². The summed E-state index contributed by atoms with van der Waals surface area (Å²) in [7, 11) is 1.73. The molecule has 0 N–H and O–H groups in total. The lowest BCUT2D eigenvalue weighted by Gasteiger charge is -2.41. The number of pyridine rings is 1. The Kier molecular flexibility index (Phi) is 5.57. The molecule has 1 aliphatic carbocycles. The molecule has 0 atom stereocenters. The van der Waals surface area contributed by atoms with Crippen LogP contribution in [0.25, 0.3) is 0 Å². The number of aromatic nitrogens is 1. The van der Waals surface area contributed by atoms with Gasteiger partial charge in [-0.2, -0.15) is 0 Å². The van der Waals surface area contributed by atoms with E-state index in [1.54, 1.807) is 13.3 Å². The van der Waals surface area contributed by atoms with Crippen LogP contribution in [0.1, 0.15) is 46.6 Å². The molecule has 0 aromatic carbocycles. The summed E-state index contributed by atoms with van der Waals surface area (Å²) in [5.41, 5.74) is 2.16. The van der Waals surface area contributed by atoms with Crippen molar-refractivity contribution in [2.45, 2.75) is 57.5 Å². The first-order valence-electron chi connectivity index (χ1n) is 9.57. The van der Waals surface area contributed by atoms with E-state index in [0.29, 0.717) is 26.2 Å². The number of ether oxygens (including phenoxy) is 2. The summed E-state index contributed by atoms with van der Waals surface area (Å²) in [5.74, 6) is 0.225. The van der Waals surface area contributed by atoms with Gasteiger partial charge in [0.15, 0.2) is 0 Å². The Labute approximate surface area is 164 Å². The lowest BCUT2D eigenvalue weighted by molar-refractivity contribution is -0.145. The monoisotopic (exact) mass is 386 g/mol. The van der Waals surface area contributed by atoms with Gasteiger partial charge in [0.25, 0.3) is 0 Å². The first-order chi connectivity index (χ1) is 13.2. The molecule has 0 unspecified atom stereocenters. The molecule has 2 aromatic heterocycles. The fraction of sp³-hybridized carbons (Fsp3) is 0.524. The van der Waals surface area contributed by atoms with Gasteiger partial charge >= 0.3 is 0 Å². The number of amides is 1. The third-order valence-electron chi connectivity index (χ3n) is 5.68. The lowest BCUT2D eigenvalue weighted by atomic mass is 9.77. The van der Waals surface area contributed by atoms with E-state index in [1.807, 2.05) is 34.6 Å². The molecule has 0 spiro atoms. The van der Waals surface area contributed by atoms with Gasteiger partial charge in [-0.3, -0.25) is 9.78 Å². The highest BCUT2D eigenvalue weighted by Gasteiger charge is 2.40. The topological polar surface area (TPSA) is 51.7 Å². The molecule has 2 aromatic rings. The molecule has 1 aliphatic heterocycles. The first kappa shape index (κ1) is 18.6. The minimum absolute atomic E-state index is 0.197. The first-order valence-corrected chi connectivity index (χ1v) is 10.4. The molecule has 144 valence electrons. The average Bonchev–Trinajstić information content (AvgIpc) is 3.07. The van der Waals surface area contributed by atoms with E-state index in [9.17, 15) is 4.79 Å². The number of hydrogen-bond acceptors (Lipinski definition) is 5. The Balaban J connectivity index is 1.31. The molecule has 1 fully saturated rings. The van der Waals surface area contributed by atoms with E-state index in [0.717, 1.165) is 37.8 Å². The second-order valence-corrected chi connectivity index (χ2v) is 8.72. The smallest absolute Gasteiger partial charge is 0.225 e.